The van der Waals surface area contributed by atoms with E-state index in [1.807, 2.05) is 55.7 Å². The van der Waals surface area contributed by atoms with Gasteiger partial charge in [0.2, 0.25) is 0 Å². The van der Waals surface area contributed by atoms with Crippen molar-refractivity contribution in [1.29, 1.82) is 0 Å². The molecule has 0 aliphatic heterocycles. The molecule has 2 heterocycles. The van der Waals surface area contributed by atoms with Gasteiger partial charge in [0.15, 0.2) is 5.82 Å². The molecule has 0 radical (unpaired) electrons. The Kier molecular flexibility index (Phi) is 4.02. The summed E-state index contributed by atoms with van der Waals surface area (Å²) in [5, 5.41) is 7.22. The molecule has 1 N–H and O–H groups in total. The van der Waals surface area contributed by atoms with Gasteiger partial charge in [0.05, 0.1) is 5.69 Å². The minimum atomic E-state index is 0.664. The number of aryl methyl sites for hydroxylation is 1. The normalized spacial score (nSPS) is 10.7. The van der Waals surface area contributed by atoms with Crippen LogP contribution in [0.1, 0.15) is 17.0 Å². The van der Waals surface area contributed by atoms with Crippen molar-refractivity contribution in [2.75, 3.05) is 0 Å². The van der Waals surface area contributed by atoms with E-state index in [9.17, 15) is 0 Å². The lowest BCUT2D eigenvalue weighted by molar-refractivity contribution is 0.388. The van der Waals surface area contributed by atoms with Crippen molar-refractivity contribution < 1.29 is 4.52 Å². The minimum Gasteiger partial charge on any atom is -0.361 e. The third-order valence-electron chi connectivity index (χ3n) is 3.05. The van der Waals surface area contributed by atoms with Crippen molar-refractivity contribution in [2.24, 2.45) is 0 Å². The molecule has 0 saturated heterocycles. The Bertz CT molecular complexity index is 692. The Hall–Kier alpha value is -2.53. The smallest absolute Gasteiger partial charge is 0.159 e. The Morgan fingerprint density at radius 2 is 1.81 bits per heavy atom. The van der Waals surface area contributed by atoms with Crippen molar-refractivity contribution in [3.05, 3.63) is 65.8 Å². The second-order valence-corrected chi connectivity index (χ2v) is 4.81. The first-order valence-electron chi connectivity index (χ1n) is 6.80. The largest absolute Gasteiger partial charge is 0.361 e. The highest BCUT2D eigenvalue weighted by atomic mass is 16.5. The van der Waals surface area contributed by atoms with Gasteiger partial charge in [-0.1, -0.05) is 35.5 Å². The van der Waals surface area contributed by atoms with Gasteiger partial charge in [0.25, 0.3) is 0 Å². The second-order valence-electron chi connectivity index (χ2n) is 4.81. The van der Waals surface area contributed by atoms with E-state index in [1.54, 1.807) is 0 Å². The molecule has 21 heavy (non-hydrogen) atoms. The van der Waals surface area contributed by atoms with Gasteiger partial charge in [-0.3, -0.25) is 0 Å². The summed E-state index contributed by atoms with van der Waals surface area (Å²) >= 11 is 0. The van der Waals surface area contributed by atoms with Gasteiger partial charge >= 0.3 is 0 Å². The first kappa shape index (κ1) is 13.5. The highest BCUT2D eigenvalue weighted by molar-refractivity contribution is 5.53. The van der Waals surface area contributed by atoms with Crippen LogP contribution in [0.2, 0.25) is 0 Å². The van der Waals surface area contributed by atoms with Crippen LogP contribution in [0, 0.1) is 6.92 Å². The van der Waals surface area contributed by atoms with Gasteiger partial charge < -0.3 is 9.84 Å². The molecule has 0 bridgehead atoms. The first-order valence-corrected chi connectivity index (χ1v) is 6.80. The molecule has 0 unspecified atom stereocenters. The van der Waals surface area contributed by atoms with Crippen LogP contribution in [0.25, 0.3) is 11.4 Å². The zero-order valence-corrected chi connectivity index (χ0v) is 11.8. The molecule has 0 aliphatic rings. The lowest BCUT2D eigenvalue weighted by Crippen LogP contribution is -2.13. The average Bonchev–Trinajstić information content (AvgIpc) is 2.94. The van der Waals surface area contributed by atoms with Crippen molar-refractivity contribution in [1.82, 2.24) is 20.4 Å². The molecule has 0 spiro atoms. The number of nitrogens with zero attached hydrogens (tertiary/aromatic N) is 3. The van der Waals surface area contributed by atoms with E-state index in [1.165, 1.54) is 0 Å². The van der Waals surface area contributed by atoms with Gasteiger partial charge in [-0.2, -0.15) is 0 Å². The predicted molar refractivity (Wildman–Crippen MR) is 79.3 cm³/mol. The van der Waals surface area contributed by atoms with Crippen molar-refractivity contribution in [3.8, 4) is 11.4 Å². The molecule has 1 aromatic carbocycles. The minimum absolute atomic E-state index is 0.664. The molecule has 0 fully saturated rings. The molecule has 0 amide bonds. The van der Waals surface area contributed by atoms with Crippen LogP contribution in [0.3, 0.4) is 0 Å². The molecule has 106 valence electrons. The van der Waals surface area contributed by atoms with Crippen LogP contribution in [0.4, 0.5) is 0 Å². The van der Waals surface area contributed by atoms with E-state index in [2.05, 4.69) is 20.4 Å². The van der Waals surface area contributed by atoms with Crippen molar-refractivity contribution in [2.45, 2.75) is 20.0 Å². The quantitative estimate of drug-likeness (QED) is 0.778. The lowest BCUT2D eigenvalue weighted by Gasteiger charge is -2.04. The SMILES string of the molecule is Cc1cc(CNCc2cnc(-c3ccccc3)nc2)no1. The van der Waals surface area contributed by atoms with Crippen molar-refractivity contribution in [3.63, 3.8) is 0 Å². The van der Waals surface area contributed by atoms with Crippen LogP contribution in [0.5, 0.6) is 0 Å². The highest BCUT2D eigenvalue weighted by Crippen LogP contribution is 2.13. The highest BCUT2D eigenvalue weighted by Gasteiger charge is 2.02. The van der Waals surface area contributed by atoms with E-state index < -0.39 is 0 Å². The maximum atomic E-state index is 5.02. The predicted octanol–water partition coefficient (Wildman–Crippen LogP) is 2.73. The third kappa shape index (κ3) is 3.52. The van der Waals surface area contributed by atoms with E-state index in [0.717, 1.165) is 28.4 Å². The second kappa shape index (κ2) is 6.28. The maximum absolute atomic E-state index is 5.02. The summed E-state index contributed by atoms with van der Waals surface area (Å²) in [6.07, 6.45) is 3.69. The van der Waals surface area contributed by atoms with Gasteiger partial charge in [-0.05, 0) is 6.92 Å². The number of rotatable bonds is 5. The molecule has 5 nitrogen and oxygen atoms in total. The number of hydrogen-bond donors (Lipinski definition) is 1. The van der Waals surface area contributed by atoms with E-state index in [0.29, 0.717) is 13.1 Å². The molecule has 5 heteroatoms. The molecule has 3 rings (SSSR count). The van der Waals surface area contributed by atoms with Gasteiger partial charge in [-0.15, -0.1) is 0 Å². The monoisotopic (exact) mass is 280 g/mol. The van der Waals surface area contributed by atoms with Crippen LogP contribution in [-0.4, -0.2) is 15.1 Å². The fraction of sp³-hybridized carbons (Fsp3) is 0.188. The summed E-state index contributed by atoms with van der Waals surface area (Å²) in [6.45, 7) is 3.24. The average molecular weight is 280 g/mol. The van der Waals surface area contributed by atoms with Crippen LogP contribution >= 0.6 is 0 Å². The van der Waals surface area contributed by atoms with Crippen LogP contribution in [-0.2, 0) is 13.1 Å². The first-order chi connectivity index (χ1) is 10.3. The van der Waals surface area contributed by atoms with Gasteiger partial charge in [0, 0.05) is 42.7 Å². The summed E-state index contributed by atoms with van der Waals surface area (Å²) in [7, 11) is 0. The van der Waals surface area contributed by atoms with E-state index >= 15 is 0 Å². The lowest BCUT2D eigenvalue weighted by atomic mass is 10.2. The summed E-state index contributed by atoms with van der Waals surface area (Å²) in [5.74, 6) is 1.56. The molecule has 3 aromatic rings. The molecule has 0 atom stereocenters. The molecule has 0 aliphatic carbocycles. The summed E-state index contributed by atoms with van der Waals surface area (Å²) < 4.78 is 5.02. The fourth-order valence-electron chi connectivity index (χ4n) is 2.02. The molecule has 2 aromatic heterocycles. The zero-order valence-electron chi connectivity index (χ0n) is 11.8. The van der Waals surface area contributed by atoms with Crippen LogP contribution < -0.4 is 5.32 Å². The molecular weight excluding hydrogens is 264 g/mol. The summed E-state index contributed by atoms with van der Waals surface area (Å²) in [4.78, 5) is 8.79. The number of nitrogens with one attached hydrogen (secondary N) is 1. The van der Waals surface area contributed by atoms with Crippen LogP contribution in [0.15, 0.2) is 53.3 Å². The maximum Gasteiger partial charge on any atom is 0.159 e. The Morgan fingerprint density at radius 3 is 2.48 bits per heavy atom. The van der Waals surface area contributed by atoms with E-state index in [-0.39, 0.29) is 0 Å². The Labute approximate surface area is 123 Å². The zero-order chi connectivity index (χ0) is 14.5. The van der Waals surface area contributed by atoms with Gasteiger partial charge in [0.1, 0.15) is 5.76 Å². The number of aromatic nitrogens is 3. The third-order valence-corrected chi connectivity index (χ3v) is 3.05. The summed E-state index contributed by atoms with van der Waals surface area (Å²) in [5.41, 5.74) is 2.96. The fourth-order valence-corrected chi connectivity index (χ4v) is 2.02. The summed E-state index contributed by atoms with van der Waals surface area (Å²) in [6, 6.07) is 11.9. The Balaban J connectivity index is 1.57. The molecular formula is C16H16N4O. The van der Waals surface area contributed by atoms with Gasteiger partial charge in [-0.25, -0.2) is 9.97 Å². The number of benzene rings is 1. The Morgan fingerprint density at radius 1 is 1.05 bits per heavy atom. The molecule has 0 saturated carbocycles. The topological polar surface area (TPSA) is 63.8 Å². The van der Waals surface area contributed by atoms with E-state index in [4.69, 9.17) is 4.52 Å². The standard InChI is InChI=1S/C16H16N4O/c1-12-7-15(20-21-12)11-17-8-13-9-18-16(19-10-13)14-5-3-2-4-6-14/h2-7,9-10,17H,8,11H2,1H3. The van der Waals surface area contributed by atoms with Crippen molar-refractivity contribution >= 4 is 0 Å². The number of hydrogen-bond acceptors (Lipinski definition) is 5.